The van der Waals surface area contributed by atoms with Crippen LogP contribution in [0.25, 0.3) is 0 Å². The summed E-state index contributed by atoms with van der Waals surface area (Å²) in [5.74, 6) is 0.0150. The highest BCUT2D eigenvalue weighted by Gasteiger charge is 2.35. The molecule has 1 N–H and O–H groups in total. The van der Waals surface area contributed by atoms with Gasteiger partial charge in [0.25, 0.3) is 0 Å². The molecule has 1 unspecified atom stereocenters. The molecule has 0 saturated carbocycles. The number of carbonyl (C=O) groups excluding carboxylic acids is 2. The van der Waals surface area contributed by atoms with Crippen molar-refractivity contribution < 1.29 is 9.59 Å². The third-order valence-electron chi connectivity index (χ3n) is 5.70. The van der Waals surface area contributed by atoms with Crippen LogP contribution in [0.15, 0.2) is 42.5 Å². The number of hydrogen-bond acceptors (Lipinski definition) is 2. The van der Waals surface area contributed by atoms with Gasteiger partial charge in [-0.15, -0.1) is 0 Å². The largest absolute Gasteiger partial charge is 0.326 e. The van der Waals surface area contributed by atoms with Gasteiger partial charge in [-0.3, -0.25) is 9.59 Å². The quantitative estimate of drug-likeness (QED) is 0.756. The monoisotopic (exact) mass is 392 g/mol. The Hall–Kier alpha value is -2.62. The van der Waals surface area contributed by atoms with Crippen LogP contribution in [0.5, 0.6) is 0 Å². The van der Waals surface area contributed by atoms with Gasteiger partial charge in [0.1, 0.15) is 0 Å². The van der Waals surface area contributed by atoms with Crippen molar-refractivity contribution in [2.24, 2.45) is 5.92 Å². The van der Waals surface area contributed by atoms with Gasteiger partial charge in [-0.2, -0.15) is 0 Å². The summed E-state index contributed by atoms with van der Waals surface area (Å²) in [4.78, 5) is 27.1. The number of benzene rings is 2. The predicted octanol–water partition coefficient (Wildman–Crippen LogP) is 5.41. The highest BCUT2D eigenvalue weighted by Crippen LogP contribution is 2.30. The second kappa shape index (κ2) is 8.02. The molecule has 4 nitrogen and oxygen atoms in total. The normalized spacial score (nSPS) is 17.1. The van der Waals surface area contributed by atoms with Gasteiger partial charge in [0.05, 0.1) is 5.92 Å². The molecule has 0 radical (unpaired) electrons. The molecule has 1 saturated heterocycles. The molecule has 1 atom stereocenters. The minimum Gasteiger partial charge on any atom is -0.326 e. The molecule has 1 fully saturated rings. The first-order valence-corrected chi connectivity index (χ1v) is 10.4. The van der Waals surface area contributed by atoms with E-state index in [1.807, 2.05) is 30.3 Å². The molecule has 0 spiro atoms. The van der Waals surface area contributed by atoms with Crippen LogP contribution in [0, 0.1) is 12.8 Å². The molecular formula is C25H32N2O2. The topological polar surface area (TPSA) is 49.4 Å². The zero-order chi connectivity index (χ0) is 21.3. The fourth-order valence-corrected chi connectivity index (χ4v) is 3.91. The SMILES string of the molecule is Cc1cc(N2CC(C(=O)Nc3ccc(C(C)(C)C)cc3)CC2=O)ccc1C(C)C. The summed E-state index contributed by atoms with van der Waals surface area (Å²) in [7, 11) is 0. The summed E-state index contributed by atoms with van der Waals surface area (Å²) in [6.07, 6.45) is 0.247. The lowest BCUT2D eigenvalue weighted by Gasteiger charge is -2.20. The van der Waals surface area contributed by atoms with Gasteiger partial charge < -0.3 is 10.2 Å². The highest BCUT2D eigenvalue weighted by atomic mass is 16.2. The van der Waals surface area contributed by atoms with Crippen molar-refractivity contribution in [2.45, 2.75) is 59.3 Å². The van der Waals surface area contributed by atoms with Gasteiger partial charge in [0, 0.05) is 24.3 Å². The molecule has 154 valence electrons. The summed E-state index contributed by atoms with van der Waals surface area (Å²) in [6, 6.07) is 14.1. The first kappa shape index (κ1) is 21.1. The minimum atomic E-state index is -0.338. The molecule has 4 heteroatoms. The minimum absolute atomic E-state index is 0.00456. The Balaban J connectivity index is 1.68. The standard InChI is InChI=1S/C25H32N2O2/c1-16(2)22-12-11-21(13-17(22)3)27-15-18(14-23(27)28)24(29)26-20-9-7-19(8-10-20)25(4,5)6/h7-13,16,18H,14-15H2,1-6H3,(H,26,29). The van der Waals surface area contributed by atoms with Crippen molar-refractivity contribution >= 4 is 23.2 Å². The van der Waals surface area contributed by atoms with E-state index in [4.69, 9.17) is 0 Å². The molecule has 0 aromatic heterocycles. The van der Waals surface area contributed by atoms with E-state index in [1.54, 1.807) is 4.90 Å². The van der Waals surface area contributed by atoms with Crippen LogP contribution in [0.3, 0.4) is 0 Å². The van der Waals surface area contributed by atoms with Gasteiger partial charge in [-0.1, -0.05) is 52.8 Å². The van der Waals surface area contributed by atoms with Gasteiger partial charge >= 0.3 is 0 Å². The lowest BCUT2D eigenvalue weighted by Crippen LogP contribution is -2.28. The van der Waals surface area contributed by atoms with Crippen LogP contribution < -0.4 is 10.2 Å². The molecule has 0 bridgehead atoms. The van der Waals surface area contributed by atoms with Crippen LogP contribution in [-0.2, 0) is 15.0 Å². The summed E-state index contributed by atoms with van der Waals surface area (Å²) in [6.45, 7) is 13.3. The second-order valence-corrected chi connectivity index (χ2v) is 9.42. The van der Waals surface area contributed by atoms with Crippen LogP contribution >= 0.6 is 0 Å². The molecule has 0 aliphatic carbocycles. The van der Waals surface area contributed by atoms with Gasteiger partial charge in [0.2, 0.25) is 11.8 Å². The average molecular weight is 393 g/mol. The summed E-state index contributed by atoms with van der Waals surface area (Å²) in [5, 5.41) is 2.97. The molecule has 1 aliphatic rings. The summed E-state index contributed by atoms with van der Waals surface area (Å²) in [5.41, 5.74) is 5.40. The Morgan fingerprint density at radius 3 is 2.31 bits per heavy atom. The average Bonchev–Trinajstić information content (AvgIpc) is 3.03. The van der Waals surface area contributed by atoms with E-state index < -0.39 is 0 Å². The van der Waals surface area contributed by atoms with Gasteiger partial charge in [-0.25, -0.2) is 0 Å². The molecule has 29 heavy (non-hydrogen) atoms. The smallest absolute Gasteiger partial charge is 0.229 e. The first-order valence-electron chi connectivity index (χ1n) is 10.4. The number of anilines is 2. The molecular weight excluding hydrogens is 360 g/mol. The molecule has 2 aromatic carbocycles. The lowest BCUT2D eigenvalue weighted by molar-refractivity contribution is -0.122. The molecule has 2 aromatic rings. The lowest BCUT2D eigenvalue weighted by atomic mass is 9.87. The Bertz CT molecular complexity index is 907. The van der Waals surface area contributed by atoms with Crippen molar-refractivity contribution in [2.75, 3.05) is 16.8 Å². The van der Waals surface area contributed by atoms with Gasteiger partial charge in [0.15, 0.2) is 0 Å². The summed E-state index contributed by atoms with van der Waals surface area (Å²) >= 11 is 0. The zero-order valence-electron chi connectivity index (χ0n) is 18.4. The molecule has 3 rings (SSSR count). The van der Waals surface area contributed by atoms with Crippen LogP contribution in [-0.4, -0.2) is 18.4 Å². The fourth-order valence-electron chi connectivity index (χ4n) is 3.91. The maximum atomic E-state index is 12.7. The number of amides is 2. The predicted molar refractivity (Wildman–Crippen MR) is 119 cm³/mol. The third kappa shape index (κ3) is 4.69. The van der Waals surface area contributed by atoms with E-state index in [-0.39, 0.29) is 29.6 Å². The van der Waals surface area contributed by atoms with Crippen molar-refractivity contribution in [3.05, 3.63) is 59.2 Å². The van der Waals surface area contributed by atoms with Gasteiger partial charge in [-0.05, 0) is 59.2 Å². The van der Waals surface area contributed by atoms with Crippen LogP contribution in [0.2, 0.25) is 0 Å². The van der Waals surface area contributed by atoms with Crippen LogP contribution in [0.1, 0.15) is 63.6 Å². The Labute approximate surface area is 174 Å². The van der Waals surface area contributed by atoms with Crippen LogP contribution in [0.4, 0.5) is 11.4 Å². The van der Waals surface area contributed by atoms with E-state index in [2.05, 4.69) is 59.0 Å². The van der Waals surface area contributed by atoms with E-state index in [9.17, 15) is 9.59 Å². The second-order valence-electron chi connectivity index (χ2n) is 9.42. The third-order valence-corrected chi connectivity index (χ3v) is 5.70. The van der Waals surface area contributed by atoms with E-state index in [0.29, 0.717) is 12.5 Å². The Morgan fingerprint density at radius 1 is 1.10 bits per heavy atom. The Morgan fingerprint density at radius 2 is 1.76 bits per heavy atom. The van der Waals surface area contributed by atoms with E-state index in [0.717, 1.165) is 11.4 Å². The maximum Gasteiger partial charge on any atom is 0.229 e. The number of nitrogens with zero attached hydrogens (tertiary/aromatic N) is 1. The van der Waals surface area contributed by atoms with E-state index >= 15 is 0 Å². The number of nitrogens with one attached hydrogen (secondary N) is 1. The molecule has 1 heterocycles. The van der Waals surface area contributed by atoms with Crippen molar-refractivity contribution in [3.63, 3.8) is 0 Å². The zero-order valence-corrected chi connectivity index (χ0v) is 18.4. The summed E-state index contributed by atoms with van der Waals surface area (Å²) < 4.78 is 0. The van der Waals surface area contributed by atoms with Crippen molar-refractivity contribution in [3.8, 4) is 0 Å². The number of hydrogen-bond donors (Lipinski definition) is 1. The van der Waals surface area contributed by atoms with E-state index in [1.165, 1.54) is 16.7 Å². The molecule has 1 aliphatic heterocycles. The van der Waals surface area contributed by atoms with Crippen molar-refractivity contribution in [1.82, 2.24) is 0 Å². The Kier molecular flexibility index (Phi) is 5.83. The number of carbonyl (C=O) groups is 2. The highest BCUT2D eigenvalue weighted by molar-refractivity contribution is 6.03. The number of aryl methyl sites for hydroxylation is 1. The van der Waals surface area contributed by atoms with Crippen molar-refractivity contribution in [1.29, 1.82) is 0 Å². The fraction of sp³-hybridized carbons (Fsp3) is 0.440. The number of rotatable bonds is 4. The molecule has 2 amide bonds. The maximum absolute atomic E-state index is 12.7. The first-order chi connectivity index (χ1) is 13.6.